The van der Waals surface area contributed by atoms with Gasteiger partial charge in [-0.1, -0.05) is 45.0 Å². The van der Waals surface area contributed by atoms with Crippen LogP contribution in [0.25, 0.3) is 0 Å². The van der Waals surface area contributed by atoms with E-state index in [2.05, 4.69) is 55.5 Å². The summed E-state index contributed by atoms with van der Waals surface area (Å²) in [4.78, 5) is 0. The van der Waals surface area contributed by atoms with E-state index < -0.39 is 0 Å². The molecule has 75 valence electrons. The maximum atomic E-state index is 5.28. The molecule has 0 heterocycles. The van der Waals surface area contributed by atoms with Gasteiger partial charge in [0.2, 0.25) is 10.5 Å². The van der Waals surface area contributed by atoms with Crippen LogP contribution in [0.5, 0.6) is 0 Å². The molecular weight excluding hydrogens is 188 g/mol. The summed E-state index contributed by atoms with van der Waals surface area (Å²) in [5.74, 6) is 0.544. The standard InChI is InChI=1S/C12H17OSi/c1-4-12(13-14)11-8-6-5-7-10(11)9(2)3/h5-9,12H,4H2,1-3H3. The van der Waals surface area contributed by atoms with Gasteiger partial charge in [0, 0.05) is 0 Å². The molecule has 3 radical (unpaired) electrons. The number of hydrogen-bond acceptors (Lipinski definition) is 1. The summed E-state index contributed by atoms with van der Waals surface area (Å²) in [5, 5.41) is 0. The maximum absolute atomic E-state index is 5.28. The lowest BCUT2D eigenvalue weighted by molar-refractivity contribution is 0.220. The molecule has 0 saturated carbocycles. The number of benzene rings is 1. The Morgan fingerprint density at radius 1 is 1.21 bits per heavy atom. The van der Waals surface area contributed by atoms with Crippen LogP contribution < -0.4 is 0 Å². The summed E-state index contributed by atoms with van der Waals surface area (Å²) in [5.41, 5.74) is 2.66. The van der Waals surface area contributed by atoms with Gasteiger partial charge in [-0.05, 0) is 23.5 Å². The van der Waals surface area contributed by atoms with E-state index in [0.29, 0.717) is 5.92 Å². The lowest BCUT2D eigenvalue weighted by atomic mass is 9.93. The monoisotopic (exact) mass is 205 g/mol. The molecule has 14 heavy (non-hydrogen) atoms. The molecule has 1 aromatic rings. The fraction of sp³-hybridized carbons (Fsp3) is 0.500. The minimum Gasteiger partial charge on any atom is -0.412 e. The Labute approximate surface area is 90.0 Å². The summed E-state index contributed by atoms with van der Waals surface area (Å²) in [6, 6.07) is 8.46. The highest BCUT2D eigenvalue weighted by Gasteiger charge is 2.13. The minimum atomic E-state index is 0.158. The van der Waals surface area contributed by atoms with Crippen LogP contribution in [-0.2, 0) is 4.43 Å². The fourth-order valence-electron chi connectivity index (χ4n) is 1.70. The molecule has 1 unspecified atom stereocenters. The van der Waals surface area contributed by atoms with Gasteiger partial charge in [0.05, 0.1) is 6.10 Å². The first-order valence-electron chi connectivity index (χ1n) is 5.11. The zero-order chi connectivity index (χ0) is 10.6. The Hall–Kier alpha value is -0.603. The molecule has 1 nitrogen and oxygen atoms in total. The average molecular weight is 205 g/mol. The zero-order valence-corrected chi connectivity index (χ0v) is 10.1. The highest BCUT2D eigenvalue weighted by atomic mass is 28.2. The van der Waals surface area contributed by atoms with Crippen molar-refractivity contribution in [3.63, 3.8) is 0 Å². The van der Waals surface area contributed by atoms with E-state index in [9.17, 15) is 0 Å². The molecule has 0 saturated heterocycles. The van der Waals surface area contributed by atoms with Crippen LogP contribution in [0, 0.1) is 0 Å². The molecular formula is C12H17OSi. The number of rotatable bonds is 4. The van der Waals surface area contributed by atoms with E-state index in [-0.39, 0.29) is 6.10 Å². The van der Waals surface area contributed by atoms with E-state index in [4.69, 9.17) is 4.43 Å². The van der Waals surface area contributed by atoms with Gasteiger partial charge in [0.25, 0.3) is 0 Å². The molecule has 0 aliphatic carbocycles. The van der Waals surface area contributed by atoms with Gasteiger partial charge in [-0.2, -0.15) is 0 Å². The van der Waals surface area contributed by atoms with Crippen LogP contribution in [0.15, 0.2) is 24.3 Å². The highest BCUT2D eigenvalue weighted by molar-refractivity contribution is 5.98. The van der Waals surface area contributed by atoms with Crippen LogP contribution >= 0.6 is 0 Å². The molecule has 1 rings (SSSR count). The number of hydrogen-bond donors (Lipinski definition) is 0. The third-order valence-electron chi connectivity index (χ3n) is 2.48. The SMILES string of the molecule is CCC(O[Si])c1ccccc1C(C)C. The lowest BCUT2D eigenvalue weighted by Crippen LogP contribution is -2.05. The van der Waals surface area contributed by atoms with Crippen LogP contribution in [-0.4, -0.2) is 10.5 Å². The summed E-state index contributed by atoms with van der Waals surface area (Å²) in [6.45, 7) is 6.54. The lowest BCUT2D eigenvalue weighted by Gasteiger charge is -2.19. The Morgan fingerprint density at radius 2 is 1.79 bits per heavy atom. The van der Waals surface area contributed by atoms with Crippen LogP contribution in [0.1, 0.15) is 50.3 Å². The van der Waals surface area contributed by atoms with Crippen molar-refractivity contribution in [2.45, 2.75) is 39.2 Å². The first-order valence-corrected chi connectivity index (χ1v) is 5.52. The Morgan fingerprint density at radius 3 is 2.21 bits per heavy atom. The van der Waals surface area contributed by atoms with Crippen molar-refractivity contribution >= 4 is 10.5 Å². The molecule has 0 aliphatic rings. The molecule has 0 N–H and O–H groups in total. The van der Waals surface area contributed by atoms with Crippen LogP contribution in [0.2, 0.25) is 0 Å². The van der Waals surface area contributed by atoms with Crippen molar-refractivity contribution in [3.05, 3.63) is 35.4 Å². The molecule has 1 atom stereocenters. The summed E-state index contributed by atoms with van der Waals surface area (Å²) < 4.78 is 5.28. The topological polar surface area (TPSA) is 9.23 Å². The quantitative estimate of drug-likeness (QED) is 0.685. The van der Waals surface area contributed by atoms with Crippen molar-refractivity contribution in [2.24, 2.45) is 0 Å². The first-order chi connectivity index (χ1) is 6.70. The molecule has 1 aromatic carbocycles. The van der Waals surface area contributed by atoms with Crippen molar-refractivity contribution in [2.75, 3.05) is 0 Å². The zero-order valence-electron chi connectivity index (χ0n) is 9.08. The largest absolute Gasteiger partial charge is 0.412 e. The normalized spacial score (nSPS) is 13.2. The summed E-state index contributed by atoms with van der Waals surface area (Å²) in [6.07, 6.45) is 1.14. The molecule has 0 spiro atoms. The van der Waals surface area contributed by atoms with Gasteiger partial charge < -0.3 is 4.43 Å². The highest BCUT2D eigenvalue weighted by Crippen LogP contribution is 2.28. The first kappa shape index (κ1) is 11.5. The van der Waals surface area contributed by atoms with Gasteiger partial charge >= 0.3 is 0 Å². The van der Waals surface area contributed by atoms with Gasteiger partial charge in [-0.15, -0.1) is 0 Å². The van der Waals surface area contributed by atoms with Crippen LogP contribution in [0.4, 0.5) is 0 Å². The molecule has 0 aliphatic heterocycles. The molecule has 2 heteroatoms. The summed E-state index contributed by atoms with van der Waals surface area (Å²) >= 11 is 0. The van der Waals surface area contributed by atoms with E-state index in [1.165, 1.54) is 11.1 Å². The van der Waals surface area contributed by atoms with Gasteiger partial charge in [0.1, 0.15) is 0 Å². The third-order valence-corrected chi connectivity index (χ3v) is 2.76. The maximum Gasteiger partial charge on any atom is 0.247 e. The Bertz CT molecular complexity index is 279. The fourth-order valence-corrected chi connectivity index (χ4v) is 1.99. The predicted octanol–water partition coefficient (Wildman–Crippen LogP) is 3.36. The van der Waals surface area contributed by atoms with Gasteiger partial charge in [-0.25, -0.2) is 0 Å². The Kier molecular flexibility index (Phi) is 4.36. The van der Waals surface area contributed by atoms with Crippen molar-refractivity contribution in [3.8, 4) is 0 Å². The van der Waals surface area contributed by atoms with Crippen molar-refractivity contribution < 1.29 is 4.43 Å². The summed E-state index contributed by atoms with van der Waals surface area (Å²) in [7, 11) is 3.14. The molecule has 0 fully saturated rings. The van der Waals surface area contributed by atoms with E-state index in [0.717, 1.165) is 6.42 Å². The second-order valence-corrected chi connectivity index (χ2v) is 4.03. The third kappa shape index (κ3) is 2.46. The minimum absolute atomic E-state index is 0.158. The van der Waals surface area contributed by atoms with Gasteiger partial charge in [0.15, 0.2) is 0 Å². The van der Waals surface area contributed by atoms with Crippen LogP contribution in [0.3, 0.4) is 0 Å². The molecule has 0 bridgehead atoms. The van der Waals surface area contributed by atoms with Crippen molar-refractivity contribution in [1.29, 1.82) is 0 Å². The van der Waals surface area contributed by atoms with E-state index in [1.54, 1.807) is 0 Å². The molecule has 0 aromatic heterocycles. The van der Waals surface area contributed by atoms with Crippen molar-refractivity contribution in [1.82, 2.24) is 0 Å². The van der Waals surface area contributed by atoms with Gasteiger partial charge in [-0.3, -0.25) is 0 Å². The Balaban J connectivity index is 3.05. The molecule has 0 amide bonds. The second-order valence-electron chi connectivity index (χ2n) is 3.80. The van der Waals surface area contributed by atoms with E-state index in [1.807, 2.05) is 0 Å². The predicted molar refractivity (Wildman–Crippen MR) is 60.4 cm³/mol. The van der Waals surface area contributed by atoms with E-state index >= 15 is 0 Å². The average Bonchev–Trinajstić information content (AvgIpc) is 2.20. The second kappa shape index (κ2) is 5.32. The smallest absolute Gasteiger partial charge is 0.247 e.